The van der Waals surface area contributed by atoms with Crippen molar-refractivity contribution < 1.29 is 4.79 Å². The van der Waals surface area contributed by atoms with Crippen LogP contribution in [-0.2, 0) is 6.54 Å². The van der Waals surface area contributed by atoms with Gasteiger partial charge in [0.05, 0.1) is 6.33 Å². The third kappa shape index (κ3) is 3.71. The molecule has 0 atom stereocenters. The minimum Gasteiger partial charge on any atom is -0.331 e. The van der Waals surface area contributed by atoms with Gasteiger partial charge in [0.15, 0.2) is 0 Å². The molecule has 2 aromatic rings. The Balaban J connectivity index is 1.54. The number of hydrogen-bond acceptors (Lipinski definition) is 3. The second kappa shape index (κ2) is 6.83. The highest BCUT2D eigenvalue weighted by Crippen LogP contribution is 2.13. The number of rotatable bonds is 3. The first-order valence-corrected chi connectivity index (χ1v) is 7.89. The van der Waals surface area contributed by atoms with E-state index in [1.165, 1.54) is 5.56 Å². The number of amides is 2. The zero-order valence-electron chi connectivity index (χ0n) is 13.7. The van der Waals surface area contributed by atoms with Crippen molar-refractivity contribution in [2.45, 2.75) is 6.54 Å². The summed E-state index contributed by atoms with van der Waals surface area (Å²) in [4.78, 5) is 22.0. The summed E-state index contributed by atoms with van der Waals surface area (Å²) >= 11 is 0. The average molecular weight is 313 g/mol. The monoisotopic (exact) mass is 313 g/mol. The van der Waals surface area contributed by atoms with Crippen molar-refractivity contribution in [3.63, 3.8) is 0 Å². The minimum atomic E-state index is 0.106. The van der Waals surface area contributed by atoms with Gasteiger partial charge in [0.1, 0.15) is 0 Å². The number of piperazine rings is 1. The Morgan fingerprint density at radius 1 is 1.13 bits per heavy atom. The van der Waals surface area contributed by atoms with Crippen molar-refractivity contribution in [2.75, 3.05) is 40.3 Å². The van der Waals surface area contributed by atoms with E-state index in [-0.39, 0.29) is 6.03 Å². The summed E-state index contributed by atoms with van der Waals surface area (Å²) in [5, 5.41) is 0. The quantitative estimate of drug-likeness (QED) is 0.866. The molecule has 3 rings (SSSR count). The van der Waals surface area contributed by atoms with Crippen molar-refractivity contribution in [2.24, 2.45) is 0 Å². The van der Waals surface area contributed by atoms with E-state index in [2.05, 4.69) is 34.1 Å². The number of hydrogen-bond donors (Lipinski definition) is 0. The van der Waals surface area contributed by atoms with Gasteiger partial charge in [-0.2, -0.15) is 0 Å². The van der Waals surface area contributed by atoms with E-state index in [1.807, 2.05) is 15.7 Å². The first kappa shape index (κ1) is 15.6. The van der Waals surface area contributed by atoms with Gasteiger partial charge in [-0.15, -0.1) is 0 Å². The molecule has 2 heterocycles. The van der Waals surface area contributed by atoms with Crippen molar-refractivity contribution in [1.29, 1.82) is 0 Å². The van der Waals surface area contributed by atoms with Crippen molar-refractivity contribution >= 4 is 6.03 Å². The lowest BCUT2D eigenvalue weighted by atomic mass is 10.2. The molecule has 1 aromatic carbocycles. The predicted octanol–water partition coefficient (Wildman–Crippen LogP) is 1.67. The molecular weight excluding hydrogens is 290 g/mol. The third-order valence-corrected chi connectivity index (χ3v) is 4.17. The van der Waals surface area contributed by atoms with E-state index in [1.54, 1.807) is 31.5 Å². The zero-order chi connectivity index (χ0) is 16.2. The van der Waals surface area contributed by atoms with Crippen molar-refractivity contribution in [3.8, 4) is 5.69 Å². The Kier molecular flexibility index (Phi) is 4.62. The van der Waals surface area contributed by atoms with Gasteiger partial charge >= 0.3 is 6.03 Å². The van der Waals surface area contributed by atoms with Crippen LogP contribution >= 0.6 is 0 Å². The molecule has 0 unspecified atom stereocenters. The summed E-state index contributed by atoms with van der Waals surface area (Å²) in [7, 11) is 3.60. The summed E-state index contributed by atoms with van der Waals surface area (Å²) < 4.78 is 2.00. The molecule has 1 fully saturated rings. The molecule has 1 aliphatic rings. The molecule has 6 nitrogen and oxygen atoms in total. The third-order valence-electron chi connectivity index (χ3n) is 4.17. The molecule has 0 spiro atoms. The lowest BCUT2D eigenvalue weighted by Gasteiger charge is -2.36. The Morgan fingerprint density at radius 3 is 2.39 bits per heavy atom. The van der Waals surface area contributed by atoms with E-state index in [9.17, 15) is 4.79 Å². The number of imidazole rings is 1. The molecule has 122 valence electrons. The van der Waals surface area contributed by atoms with Crippen LogP contribution in [0.15, 0.2) is 43.0 Å². The number of nitrogens with zero attached hydrogens (tertiary/aromatic N) is 5. The minimum absolute atomic E-state index is 0.106. The fourth-order valence-corrected chi connectivity index (χ4v) is 2.82. The van der Waals surface area contributed by atoms with E-state index in [4.69, 9.17) is 0 Å². The topological polar surface area (TPSA) is 44.6 Å². The van der Waals surface area contributed by atoms with Crippen LogP contribution in [0, 0.1) is 0 Å². The normalized spacial score (nSPS) is 15.7. The van der Waals surface area contributed by atoms with Gasteiger partial charge in [0, 0.05) is 64.9 Å². The van der Waals surface area contributed by atoms with E-state index < -0.39 is 0 Å². The van der Waals surface area contributed by atoms with Crippen LogP contribution in [0.25, 0.3) is 5.69 Å². The van der Waals surface area contributed by atoms with Gasteiger partial charge in [0.2, 0.25) is 0 Å². The smallest absolute Gasteiger partial charge is 0.319 e. The summed E-state index contributed by atoms with van der Waals surface area (Å²) in [6.45, 7) is 4.36. The molecule has 0 N–H and O–H groups in total. The molecule has 1 aliphatic heterocycles. The number of carbonyl (C=O) groups is 1. The molecule has 23 heavy (non-hydrogen) atoms. The van der Waals surface area contributed by atoms with Crippen molar-refractivity contribution in [3.05, 3.63) is 48.5 Å². The highest BCUT2D eigenvalue weighted by atomic mass is 16.2. The lowest BCUT2D eigenvalue weighted by molar-refractivity contribution is 0.120. The van der Waals surface area contributed by atoms with E-state index in [0.29, 0.717) is 0 Å². The summed E-state index contributed by atoms with van der Waals surface area (Å²) in [6.07, 6.45) is 5.52. The van der Waals surface area contributed by atoms with Gasteiger partial charge in [-0.3, -0.25) is 4.90 Å². The predicted molar refractivity (Wildman–Crippen MR) is 89.5 cm³/mol. The highest BCUT2D eigenvalue weighted by molar-refractivity contribution is 5.73. The molecule has 6 heteroatoms. The fraction of sp³-hybridized carbons (Fsp3) is 0.412. The number of urea groups is 1. The van der Waals surface area contributed by atoms with Crippen LogP contribution in [0.1, 0.15) is 5.56 Å². The van der Waals surface area contributed by atoms with Gasteiger partial charge in [-0.1, -0.05) is 12.1 Å². The average Bonchev–Trinajstić information content (AvgIpc) is 3.10. The number of aromatic nitrogens is 2. The largest absolute Gasteiger partial charge is 0.331 e. The van der Waals surface area contributed by atoms with Crippen LogP contribution in [0.5, 0.6) is 0 Å². The van der Waals surface area contributed by atoms with Gasteiger partial charge < -0.3 is 14.4 Å². The highest BCUT2D eigenvalue weighted by Gasteiger charge is 2.21. The molecule has 0 bridgehead atoms. The zero-order valence-corrected chi connectivity index (χ0v) is 13.7. The Hall–Kier alpha value is -2.34. The van der Waals surface area contributed by atoms with Gasteiger partial charge in [0.25, 0.3) is 0 Å². The summed E-state index contributed by atoms with van der Waals surface area (Å²) in [6, 6.07) is 8.65. The maximum absolute atomic E-state index is 11.9. The molecule has 1 aromatic heterocycles. The van der Waals surface area contributed by atoms with Crippen LogP contribution in [0.4, 0.5) is 4.79 Å². The van der Waals surface area contributed by atoms with Crippen LogP contribution in [0.2, 0.25) is 0 Å². The number of benzene rings is 1. The first-order valence-electron chi connectivity index (χ1n) is 7.89. The number of carbonyl (C=O) groups excluding carboxylic acids is 1. The van der Waals surface area contributed by atoms with Gasteiger partial charge in [-0.25, -0.2) is 9.78 Å². The fourth-order valence-electron chi connectivity index (χ4n) is 2.82. The maximum atomic E-state index is 11.9. The molecule has 1 saturated heterocycles. The van der Waals surface area contributed by atoms with E-state index >= 15 is 0 Å². The van der Waals surface area contributed by atoms with Crippen molar-refractivity contribution in [1.82, 2.24) is 24.3 Å². The summed E-state index contributed by atoms with van der Waals surface area (Å²) in [5.74, 6) is 0. The Bertz CT molecular complexity index is 628. The SMILES string of the molecule is CN(C)C(=O)N1CCN(Cc2ccc(-n3ccnc3)cc2)CC1. The van der Waals surface area contributed by atoms with Crippen LogP contribution in [0.3, 0.4) is 0 Å². The standard InChI is InChI=1S/C17H23N5O/c1-19(2)17(23)21-11-9-20(10-12-21)13-15-3-5-16(6-4-15)22-8-7-18-14-22/h3-8,14H,9-13H2,1-2H3. The van der Waals surface area contributed by atoms with E-state index in [0.717, 1.165) is 38.4 Å². The van der Waals surface area contributed by atoms with Crippen LogP contribution in [-0.4, -0.2) is 70.6 Å². The first-order chi connectivity index (χ1) is 11.1. The second-order valence-corrected chi connectivity index (χ2v) is 6.08. The maximum Gasteiger partial charge on any atom is 0.319 e. The van der Waals surface area contributed by atoms with Crippen LogP contribution < -0.4 is 0 Å². The second-order valence-electron chi connectivity index (χ2n) is 6.08. The Labute approximate surface area is 136 Å². The molecule has 0 aliphatic carbocycles. The summed E-state index contributed by atoms with van der Waals surface area (Å²) in [5.41, 5.74) is 2.41. The molecule has 2 amide bonds. The molecule has 0 radical (unpaired) electrons. The Morgan fingerprint density at radius 2 is 1.83 bits per heavy atom. The lowest BCUT2D eigenvalue weighted by Crippen LogP contribution is -2.51. The van der Waals surface area contributed by atoms with Gasteiger partial charge in [-0.05, 0) is 17.7 Å². The molecular formula is C17H23N5O. The molecule has 0 saturated carbocycles.